The molecule has 1 fully saturated rings. The number of amides is 2. The molecule has 0 bridgehead atoms. The third-order valence-electron chi connectivity index (χ3n) is 4.22. The largest absolute Gasteiger partial charge is 0.339 e. The normalized spacial score (nSPS) is 17.0. The molecule has 3 aromatic heterocycles. The van der Waals surface area contributed by atoms with Crippen molar-refractivity contribution in [3.05, 3.63) is 54.2 Å². The number of nitrogens with zero attached hydrogens (tertiary/aromatic N) is 5. The molecule has 9 heteroatoms. The number of piperidine rings is 1. The van der Waals surface area contributed by atoms with Gasteiger partial charge in [0.05, 0.1) is 18.1 Å². The van der Waals surface area contributed by atoms with Crippen LogP contribution in [0.3, 0.4) is 0 Å². The van der Waals surface area contributed by atoms with E-state index in [1.807, 2.05) is 6.07 Å². The van der Waals surface area contributed by atoms with E-state index < -0.39 is 6.04 Å². The highest BCUT2D eigenvalue weighted by atomic mass is 32.1. The van der Waals surface area contributed by atoms with Crippen LogP contribution in [0.1, 0.15) is 23.3 Å². The number of aromatic nitrogens is 4. The van der Waals surface area contributed by atoms with Crippen LogP contribution in [0.25, 0.3) is 10.7 Å². The molecule has 0 radical (unpaired) electrons. The van der Waals surface area contributed by atoms with Gasteiger partial charge in [-0.15, -0.1) is 11.3 Å². The van der Waals surface area contributed by atoms with Crippen LogP contribution in [-0.4, -0.2) is 44.3 Å². The van der Waals surface area contributed by atoms with Gasteiger partial charge in [-0.05, 0) is 25.0 Å². The van der Waals surface area contributed by atoms with Gasteiger partial charge in [0.25, 0.3) is 5.91 Å². The van der Waals surface area contributed by atoms with Gasteiger partial charge in [0, 0.05) is 30.5 Å². The molecule has 1 aliphatic rings. The van der Waals surface area contributed by atoms with E-state index in [-0.39, 0.29) is 17.5 Å². The van der Waals surface area contributed by atoms with Gasteiger partial charge in [0.15, 0.2) is 0 Å². The molecular weight excluding hydrogens is 364 g/mol. The van der Waals surface area contributed by atoms with Crippen LogP contribution in [-0.2, 0) is 4.79 Å². The Labute approximate surface area is 159 Å². The van der Waals surface area contributed by atoms with Crippen molar-refractivity contribution in [1.82, 2.24) is 25.3 Å². The first-order chi connectivity index (χ1) is 13.2. The predicted octanol–water partition coefficient (Wildman–Crippen LogP) is 1.92. The van der Waals surface area contributed by atoms with Gasteiger partial charge in [-0.25, -0.2) is 4.98 Å². The van der Waals surface area contributed by atoms with Gasteiger partial charge in [0.2, 0.25) is 5.91 Å². The third-order valence-corrected chi connectivity index (χ3v) is 5.09. The lowest BCUT2D eigenvalue weighted by Crippen LogP contribution is -2.52. The molecule has 1 unspecified atom stereocenters. The molecule has 3 aromatic rings. The molecule has 0 aromatic carbocycles. The number of pyridine rings is 1. The lowest BCUT2D eigenvalue weighted by atomic mass is 10.0. The molecule has 136 valence electrons. The quantitative estimate of drug-likeness (QED) is 0.742. The fraction of sp³-hybridized carbons (Fsp3) is 0.222. The van der Waals surface area contributed by atoms with Crippen molar-refractivity contribution in [2.75, 3.05) is 11.4 Å². The molecular formula is C18H16N6O2S. The van der Waals surface area contributed by atoms with E-state index in [0.29, 0.717) is 23.7 Å². The van der Waals surface area contributed by atoms with E-state index >= 15 is 0 Å². The molecule has 0 saturated carbocycles. The molecule has 1 saturated heterocycles. The molecule has 4 rings (SSSR count). The van der Waals surface area contributed by atoms with Crippen molar-refractivity contribution in [3.8, 4) is 10.7 Å². The average Bonchev–Trinajstić information content (AvgIpc) is 3.21. The topological polar surface area (TPSA) is 101 Å². The van der Waals surface area contributed by atoms with Gasteiger partial charge in [-0.1, -0.05) is 0 Å². The van der Waals surface area contributed by atoms with Crippen molar-refractivity contribution in [2.24, 2.45) is 0 Å². The number of thiazole rings is 1. The van der Waals surface area contributed by atoms with Crippen molar-refractivity contribution in [3.63, 3.8) is 0 Å². The second kappa shape index (κ2) is 7.58. The van der Waals surface area contributed by atoms with Crippen molar-refractivity contribution < 1.29 is 9.59 Å². The summed E-state index contributed by atoms with van der Waals surface area (Å²) in [6.07, 6.45) is 9.45. The smallest absolute Gasteiger partial charge is 0.271 e. The predicted molar refractivity (Wildman–Crippen MR) is 100 cm³/mol. The monoisotopic (exact) mass is 380 g/mol. The maximum Gasteiger partial charge on any atom is 0.271 e. The first kappa shape index (κ1) is 17.2. The summed E-state index contributed by atoms with van der Waals surface area (Å²) < 4.78 is 0. The number of carbonyl (C=O) groups excluding carboxylic acids is 2. The van der Waals surface area contributed by atoms with Gasteiger partial charge in [-0.2, -0.15) is 0 Å². The number of anilines is 1. The summed E-state index contributed by atoms with van der Waals surface area (Å²) >= 11 is 1.31. The Morgan fingerprint density at radius 2 is 2.11 bits per heavy atom. The molecule has 8 nitrogen and oxygen atoms in total. The molecule has 27 heavy (non-hydrogen) atoms. The highest BCUT2D eigenvalue weighted by Gasteiger charge is 2.31. The Kier molecular flexibility index (Phi) is 4.84. The SMILES string of the molecule is O=C(NC1CCCN(c2cccnc2)C1=O)c1csc(-c2cnccn2)n1. The Bertz CT molecular complexity index is 947. The minimum absolute atomic E-state index is 0.132. The number of hydrogen-bond donors (Lipinski definition) is 1. The molecule has 0 aliphatic carbocycles. The van der Waals surface area contributed by atoms with Gasteiger partial charge in [-0.3, -0.25) is 24.5 Å². The van der Waals surface area contributed by atoms with Crippen LogP contribution in [0.15, 0.2) is 48.5 Å². The molecule has 0 spiro atoms. The lowest BCUT2D eigenvalue weighted by molar-refractivity contribution is -0.121. The minimum Gasteiger partial charge on any atom is -0.339 e. The summed E-state index contributed by atoms with van der Waals surface area (Å²) in [5.41, 5.74) is 1.62. The van der Waals surface area contributed by atoms with Crippen molar-refractivity contribution in [2.45, 2.75) is 18.9 Å². The van der Waals surface area contributed by atoms with E-state index in [1.54, 1.807) is 47.3 Å². The Morgan fingerprint density at radius 1 is 1.22 bits per heavy atom. The second-order valence-electron chi connectivity index (χ2n) is 6.00. The summed E-state index contributed by atoms with van der Waals surface area (Å²) in [6.45, 7) is 0.615. The van der Waals surface area contributed by atoms with E-state index in [2.05, 4.69) is 25.3 Å². The van der Waals surface area contributed by atoms with Gasteiger partial charge < -0.3 is 10.2 Å². The zero-order chi connectivity index (χ0) is 18.6. The summed E-state index contributed by atoms with van der Waals surface area (Å²) in [6, 6.07) is 3.05. The van der Waals surface area contributed by atoms with E-state index in [0.717, 1.165) is 12.1 Å². The Balaban J connectivity index is 1.46. The molecule has 1 aliphatic heterocycles. The van der Waals surface area contributed by atoms with Crippen LogP contribution in [0.2, 0.25) is 0 Å². The third kappa shape index (κ3) is 3.68. The standard InChI is InChI=1S/C18H16N6O2S/c25-16(15-11-27-17(23-15)14-10-20-6-7-21-14)22-13-4-2-8-24(18(13)26)12-3-1-5-19-9-12/h1,3,5-7,9-11,13H,2,4,8H2,(H,22,25). The van der Waals surface area contributed by atoms with Gasteiger partial charge >= 0.3 is 0 Å². The number of rotatable bonds is 4. The van der Waals surface area contributed by atoms with Crippen LogP contribution in [0.4, 0.5) is 5.69 Å². The zero-order valence-corrected chi connectivity index (χ0v) is 15.1. The molecule has 4 heterocycles. The summed E-state index contributed by atoms with van der Waals surface area (Å²) in [5.74, 6) is -0.500. The molecule has 2 amide bonds. The molecule has 1 atom stereocenters. The van der Waals surface area contributed by atoms with E-state index in [9.17, 15) is 9.59 Å². The summed E-state index contributed by atoms with van der Waals surface area (Å²) in [5, 5.41) is 5.08. The van der Waals surface area contributed by atoms with Crippen LogP contribution >= 0.6 is 11.3 Å². The average molecular weight is 380 g/mol. The second-order valence-corrected chi connectivity index (χ2v) is 6.86. The first-order valence-corrected chi connectivity index (χ1v) is 9.34. The maximum absolute atomic E-state index is 12.8. The fourth-order valence-corrected chi connectivity index (χ4v) is 3.68. The highest BCUT2D eigenvalue weighted by Crippen LogP contribution is 2.22. The maximum atomic E-state index is 12.8. The fourth-order valence-electron chi connectivity index (χ4n) is 2.92. The Hall–Kier alpha value is -3.20. The highest BCUT2D eigenvalue weighted by molar-refractivity contribution is 7.13. The van der Waals surface area contributed by atoms with Gasteiger partial charge in [0.1, 0.15) is 22.4 Å². The first-order valence-electron chi connectivity index (χ1n) is 8.46. The van der Waals surface area contributed by atoms with Crippen LogP contribution in [0.5, 0.6) is 0 Å². The Morgan fingerprint density at radius 3 is 2.89 bits per heavy atom. The molecule has 1 N–H and O–H groups in total. The zero-order valence-electron chi connectivity index (χ0n) is 14.3. The number of nitrogens with one attached hydrogen (secondary N) is 1. The number of hydrogen-bond acceptors (Lipinski definition) is 7. The van der Waals surface area contributed by atoms with Crippen molar-refractivity contribution >= 4 is 28.8 Å². The number of carbonyl (C=O) groups is 2. The van der Waals surface area contributed by atoms with E-state index in [1.165, 1.54) is 11.3 Å². The lowest BCUT2D eigenvalue weighted by Gasteiger charge is -2.32. The van der Waals surface area contributed by atoms with E-state index in [4.69, 9.17) is 0 Å². The summed E-state index contributed by atoms with van der Waals surface area (Å²) in [4.78, 5) is 43.5. The van der Waals surface area contributed by atoms with Crippen LogP contribution < -0.4 is 10.2 Å². The van der Waals surface area contributed by atoms with Crippen molar-refractivity contribution in [1.29, 1.82) is 0 Å². The van der Waals surface area contributed by atoms with Crippen LogP contribution in [0, 0.1) is 0 Å². The minimum atomic E-state index is -0.576. The summed E-state index contributed by atoms with van der Waals surface area (Å²) in [7, 11) is 0.